The fourth-order valence-electron chi connectivity index (χ4n) is 3.97. The summed E-state index contributed by atoms with van der Waals surface area (Å²) in [5.74, 6) is -4.31. The lowest BCUT2D eigenvalue weighted by atomic mass is 9.89. The number of carboxylic acids is 2. The van der Waals surface area contributed by atoms with Crippen LogP contribution in [-0.4, -0.2) is 81.4 Å². The molecule has 2 aliphatic rings. The first kappa shape index (κ1) is 31.7. The van der Waals surface area contributed by atoms with E-state index < -0.39 is 24.3 Å². The minimum atomic E-state index is -5.08. The maximum Gasteiger partial charge on any atom is 0.490 e. The van der Waals surface area contributed by atoms with Gasteiger partial charge in [-0.1, -0.05) is 12.5 Å². The molecule has 2 fully saturated rings. The Bertz CT molecular complexity index is 1020. The number of aliphatic carboxylic acids is 2. The van der Waals surface area contributed by atoms with E-state index in [1.165, 1.54) is 6.42 Å². The van der Waals surface area contributed by atoms with Gasteiger partial charge in [0, 0.05) is 31.1 Å². The average molecular weight is 568 g/mol. The highest BCUT2D eigenvalue weighted by atomic mass is 19.4. The van der Waals surface area contributed by atoms with Gasteiger partial charge < -0.3 is 24.6 Å². The molecule has 2 aromatic heterocycles. The summed E-state index contributed by atoms with van der Waals surface area (Å²) in [6, 6.07) is 7.76. The standard InChI is InChI=1S/C19H24N4O2.2C2HF3O2/c1-2-8-20-17(6-1)14-24-13-16-5-3-7-19(16)15-23(11-12-25-19)18-21-9-4-10-22-18;2*3-2(4,5)1(6)7/h1-2,4,6,8-10,16H,3,5,7,11-15H2;2*(H,6,7)/t16-,19-;;/m0../s1. The first-order valence-electron chi connectivity index (χ1n) is 11.5. The summed E-state index contributed by atoms with van der Waals surface area (Å²) >= 11 is 0. The Kier molecular flexibility index (Phi) is 11.4. The lowest BCUT2D eigenvalue weighted by Crippen LogP contribution is -2.55. The van der Waals surface area contributed by atoms with E-state index in [1.54, 1.807) is 18.6 Å². The molecule has 10 nitrogen and oxygen atoms in total. The summed E-state index contributed by atoms with van der Waals surface area (Å²) in [5.41, 5.74) is 0.833. The first-order valence-corrected chi connectivity index (χ1v) is 11.5. The first-order chi connectivity index (χ1) is 18.2. The van der Waals surface area contributed by atoms with Crippen molar-refractivity contribution in [3.8, 4) is 0 Å². The normalized spacial score (nSPS) is 20.9. The zero-order valence-electron chi connectivity index (χ0n) is 20.4. The van der Waals surface area contributed by atoms with Crippen molar-refractivity contribution >= 4 is 17.9 Å². The van der Waals surface area contributed by atoms with Gasteiger partial charge in [-0.2, -0.15) is 26.3 Å². The Morgan fingerprint density at radius 3 is 2.13 bits per heavy atom. The van der Waals surface area contributed by atoms with Gasteiger partial charge >= 0.3 is 24.3 Å². The van der Waals surface area contributed by atoms with Gasteiger partial charge in [-0.25, -0.2) is 19.6 Å². The number of alkyl halides is 6. The van der Waals surface area contributed by atoms with E-state index in [9.17, 15) is 26.3 Å². The number of aromatic nitrogens is 3. The van der Waals surface area contributed by atoms with Crippen LogP contribution in [0.25, 0.3) is 0 Å². The topological polar surface area (TPSA) is 135 Å². The Morgan fingerprint density at radius 2 is 1.59 bits per heavy atom. The van der Waals surface area contributed by atoms with Gasteiger partial charge in [-0.3, -0.25) is 4.98 Å². The summed E-state index contributed by atoms with van der Waals surface area (Å²) in [5, 5.41) is 14.2. The second kappa shape index (κ2) is 14.0. The molecule has 0 radical (unpaired) electrons. The molecule has 1 aliphatic carbocycles. The summed E-state index contributed by atoms with van der Waals surface area (Å²) in [7, 11) is 0. The van der Waals surface area contributed by atoms with Crippen molar-refractivity contribution in [2.24, 2.45) is 5.92 Å². The summed E-state index contributed by atoms with van der Waals surface area (Å²) in [6.07, 6.45) is -1.36. The van der Waals surface area contributed by atoms with Crippen molar-refractivity contribution in [2.75, 3.05) is 31.2 Å². The molecule has 1 saturated heterocycles. The van der Waals surface area contributed by atoms with Crippen LogP contribution in [-0.2, 0) is 25.7 Å². The van der Waals surface area contributed by atoms with Crippen molar-refractivity contribution in [1.29, 1.82) is 0 Å². The number of hydrogen-bond donors (Lipinski definition) is 2. The Morgan fingerprint density at radius 1 is 1.00 bits per heavy atom. The van der Waals surface area contributed by atoms with Crippen LogP contribution in [0.4, 0.5) is 32.3 Å². The average Bonchev–Trinajstić information content (AvgIpc) is 3.26. The predicted octanol–water partition coefficient (Wildman–Crippen LogP) is 3.73. The molecule has 1 spiro atoms. The molecule has 3 heterocycles. The van der Waals surface area contributed by atoms with Crippen molar-refractivity contribution < 1.29 is 55.6 Å². The van der Waals surface area contributed by atoms with Gasteiger partial charge in [0.05, 0.1) is 37.7 Å². The highest BCUT2D eigenvalue weighted by Crippen LogP contribution is 2.41. The zero-order chi connectivity index (χ0) is 29.1. The van der Waals surface area contributed by atoms with Gasteiger partial charge in [0.2, 0.25) is 5.95 Å². The Balaban J connectivity index is 0.000000317. The number of pyridine rings is 1. The molecule has 1 aliphatic heterocycles. The lowest BCUT2D eigenvalue weighted by molar-refractivity contribution is -0.193. The highest BCUT2D eigenvalue weighted by molar-refractivity contribution is 5.73. The number of halogens is 6. The number of morpholine rings is 1. The van der Waals surface area contributed by atoms with Crippen LogP contribution in [0.5, 0.6) is 0 Å². The number of anilines is 1. The van der Waals surface area contributed by atoms with Crippen molar-refractivity contribution in [3.63, 3.8) is 0 Å². The molecule has 0 bridgehead atoms. The highest BCUT2D eigenvalue weighted by Gasteiger charge is 2.47. The molecule has 39 heavy (non-hydrogen) atoms. The van der Waals surface area contributed by atoms with Gasteiger partial charge in [-0.15, -0.1) is 0 Å². The van der Waals surface area contributed by atoms with Crippen molar-refractivity contribution in [1.82, 2.24) is 15.0 Å². The monoisotopic (exact) mass is 568 g/mol. The van der Waals surface area contributed by atoms with E-state index in [4.69, 9.17) is 29.3 Å². The summed E-state index contributed by atoms with van der Waals surface area (Å²) in [4.78, 5) is 33.2. The lowest BCUT2D eigenvalue weighted by Gasteiger charge is -2.44. The second-order valence-electron chi connectivity index (χ2n) is 8.41. The number of carbonyl (C=O) groups is 2. The molecule has 1 saturated carbocycles. The van der Waals surface area contributed by atoms with E-state index >= 15 is 0 Å². The van der Waals surface area contributed by atoms with E-state index in [-0.39, 0.29) is 5.60 Å². The minimum absolute atomic E-state index is 0.137. The maximum atomic E-state index is 10.6. The Labute approximate surface area is 218 Å². The summed E-state index contributed by atoms with van der Waals surface area (Å²) in [6.45, 7) is 3.66. The number of carboxylic acid groups (broad SMARTS) is 2. The molecule has 0 amide bonds. The SMILES string of the molecule is O=C(O)C(F)(F)F.O=C(O)C(F)(F)F.c1ccc(COC[C@@H]2CCC[C@]23CN(c2ncccn2)CCO3)nc1. The predicted molar refractivity (Wildman–Crippen MR) is 122 cm³/mol. The van der Waals surface area contributed by atoms with E-state index in [1.807, 2.05) is 24.3 Å². The molecule has 0 aromatic carbocycles. The molecule has 0 unspecified atom stereocenters. The maximum absolute atomic E-state index is 10.6. The molecule has 2 N–H and O–H groups in total. The van der Waals surface area contributed by atoms with Crippen molar-refractivity contribution in [2.45, 2.75) is 43.8 Å². The minimum Gasteiger partial charge on any atom is -0.475 e. The fourth-order valence-corrected chi connectivity index (χ4v) is 3.97. The molecule has 4 rings (SSSR count). The smallest absolute Gasteiger partial charge is 0.475 e. The fraction of sp³-hybridized carbons (Fsp3) is 0.522. The third-order valence-electron chi connectivity index (χ3n) is 5.72. The molecular formula is C23H26F6N4O6. The number of rotatable bonds is 5. The van der Waals surface area contributed by atoms with Crippen LogP contribution >= 0.6 is 0 Å². The quantitative estimate of drug-likeness (QED) is 0.514. The molecule has 216 valence electrons. The third kappa shape index (κ3) is 10.3. The number of hydrogen-bond acceptors (Lipinski definition) is 8. The van der Waals surface area contributed by atoms with E-state index in [0.717, 1.165) is 44.2 Å². The summed E-state index contributed by atoms with van der Waals surface area (Å²) < 4.78 is 75.8. The zero-order valence-corrected chi connectivity index (χ0v) is 20.4. The van der Waals surface area contributed by atoms with E-state index in [0.29, 0.717) is 19.1 Å². The van der Waals surface area contributed by atoms with Crippen LogP contribution in [0.1, 0.15) is 25.0 Å². The molecule has 2 atom stereocenters. The largest absolute Gasteiger partial charge is 0.490 e. The molecular weight excluding hydrogens is 542 g/mol. The van der Waals surface area contributed by atoms with E-state index in [2.05, 4.69) is 19.9 Å². The van der Waals surface area contributed by atoms with Gasteiger partial charge in [-0.05, 0) is 31.0 Å². The number of ether oxygens (including phenoxy) is 2. The van der Waals surface area contributed by atoms with Gasteiger partial charge in [0.1, 0.15) is 0 Å². The van der Waals surface area contributed by atoms with Crippen LogP contribution in [0.2, 0.25) is 0 Å². The second-order valence-corrected chi connectivity index (χ2v) is 8.41. The van der Waals surface area contributed by atoms with Crippen LogP contribution in [0.3, 0.4) is 0 Å². The third-order valence-corrected chi connectivity index (χ3v) is 5.72. The molecule has 2 aromatic rings. The van der Waals surface area contributed by atoms with Crippen molar-refractivity contribution in [3.05, 3.63) is 48.5 Å². The van der Waals surface area contributed by atoms with Gasteiger partial charge in [0.25, 0.3) is 0 Å². The van der Waals surface area contributed by atoms with Gasteiger partial charge in [0.15, 0.2) is 0 Å². The molecule has 16 heteroatoms. The van der Waals surface area contributed by atoms with Crippen LogP contribution in [0, 0.1) is 5.92 Å². The van der Waals surface area contributed by atoms with Crippen LogP contribution < -0.4 is 4.90 Å². The van der Waals surface area contributed by atoms with Crippen LogP contribution in [0.15, 0.2) is 42.9 Å². The number of nitrogens with zero attached hydrogens (tertiary/aromatic N) is 4. The Hall–Kier alpha value is -3.53.